The zero-order valence-corrected chi connectivity index (χ0v) is 16.8. The van der Waals surface area contributed by atoms with E-state index in [4.69, 9.17) is 9.97 Å². The number of anilines is 1. The van der Waals surface area contributed by atoms with Crippen LogP contribution in [-0.4, -0.2) is 45.8 Å². The maximum absolute atomic E-state index is 11.8. The molecule has 2 aliphatic rings. The predicted octanol–water partition coefficient (Wildman–Crippen LogP) is 3.15. The first kappa shape index (κ1) is 18.9. The van der Waals surface area contributed by atoms with Gasteiger partial charge < -0.3 is 10.2 Å². The second-order valence-corrected chi connectivity index (χ2v) is 7.76. The number of benzene rings is 1. The Morgan fingerprint density at radius 2 is 2.00 bits per heavy atom. The van der Waals surface area contributed by atoms with Crippen LogP contribution in [0.4, 0.5) is 5.82 Å². The molecule has 0 bridgehead atoms. The van der Waals surface area contributed by atoms with Gasteiger partial charge >= 0.3 is 0 Å². The average Bonchev–Trinajstić information content (AvgIpc) is 2.73. The molecule has 1 fully saturated rings. The summed E-state index contributed by atoms with van der Waals surface area (Å²) in [4.78, 5) is 26.1. The Morgan fingerprint density at radius 1 is 1.18 bits per heavy atom. The van der Waals surface area contributed by atoms with Crippen molar-refractivity contribution in [2.75, 3.05) is 25.5 Å². The van der Waals surface area contributed by atoms with Gasteiger partial charge in [0.15, 0.2) is 0 Å². The molecule has 1 aromatic carbocycles. The summed E-state index contributed by atoms with van der Waals surface area (Å²) in [5, 5.41) is 3.25. The van der Waals surface area contributed by atoms with E-state index in [0.29, 0.717) is 6.54 Å². The highest BCUT2D eigenvalue weighted by atomic mass is 16.2. The molecular weight excluding hydrogens is 350 g/mol. The molecule has 3 heterocycles. The number of nitrogens with zero attached hydrogens (tertiary/aromatic N) is 4. The number of nitrogens with one attached hydrogen (secondary N) is 1. The van der Waals surface area contributed by atoms with Gasteiger partial charge in [0, 0.05) is 39.0 Å². The van der Waals surface area contributed by atoms with E-state index < -0.39 is 0 Å². The van der Waals surface area contributed by atoms with E-state index in [1.54, 1.807) is 6.92 Å². The molecule has 1 saturated heterocycles. The minimum absolute atomic E-state index is 0.109. The van der Waals surface area contributed by atoms with Gasteiger partial charge in [-0.05, 0) is 24.9 Å². The molecule has 0 spiro atoms. The van der Waals surface area contributed by atoms with Crippen molar-refractivity contribution < 1.29 is 4.79 Å². The molecule has 0 saturated carbocycles. The van der Waals surface area contributed by atoms with E-state index in [1.807, 2.05) is 11.9 Å². The third kappa shape index (κ3) is 3.87. The van der Waals surface area contributed by atoms with Gasteiger partial charge in [0.1, 0.15) is 11.6 Å². The van der Waals surface area contributed by atoms with Crippen LogP contribution in [0.25, 0.3) is 0 Å². The molecule has 28 heavy (non-hydrogen) atoms. The molecule has 0 radical (unpaired) electrons. The van der Waals surface area contributed by atoms with Crippen molar-refractivity contribution in [3.63, 3.8) is 0 Å². The molecule has 4 rings (SSSR count). The maximum atomic E-state index is 11.8. The summed E-state index contributed by atoms with van der Waals surface area (Å²) in [6, 6.07) is 10.9. The van der Waals surface area contributed by atoms with Crippen molar-refractivity contribution in [2.45, 2.75) is 51.7 Å². The van der Waals surface area contributed by atoms with E-state index in [9.17, 15) is 4.79 Å². The van der Waals surface area contributed by atoms with E-state index >= 15 is 0 Å². The highest BCUT2D eigenvalue weighted by Gasteiger charge is 2.30. The zero-order chi connectivity index (χ0) is 19.5. The van der Waals surface area contributed by atoms with Crippen molar-refractivity contribution in [1.82, 2.24) is 19.8 Å². The number of piperidine rings is 1. The summed E-state index contributed by atoms with van der Waals surface area (Å²) in [6.45, 7) is 4.97. The largest absolute Gasteiger partial charge is 0.373 e. The fourth-order valence-corrected chi connectivity index (χ4v) is 4.35. The number of rotatable bonds is 4. The Kier molecular flexibility index (Phi) is 5.57. The van der Waals surface area contributed by atoms with E-state index in [0.717, 1.165) is 55.4 Å². The van der Waals surface area contributed by atoms with Crippen molar-refractivity contribution >= 4 is 11.7 Å². The lowest BCUT2D eigenvalue weighted by Gasteiger charge is -2.36. The summed E-state index contributed by atoms with van der Waals surface area (Å²) < 4.78 is 0. The van der Waals surface area contributed by atoms with Crippen LogP contribution in [0.15, 0.2) is 30.3 Å². The van der Waals surface area contributed by atoms with Gasteiger partial charge in [0.25, 0.3) is 0 Å². The van der Waals surface area contributed by atoms with Gasteiger partial charge in [-0.2, -0.15) is 0 Å². The van der Waals surface area contributed by atoms with Gasteiger partial charge in [-0.25, -0.2) is 9.97 Å². The Labute approximate surface area is 167 Å². The number of hydrogen-bond acceptors (Lipinski definition) is 5. The Morgan fingerprint density at radius 3 is 2.75 bits per heavy atom. The van der Waals surface area contributed by atoms with Gasteiger partial charge in [-0.15, -0.1) is 0 Å². The van der Waals surface area contributed by atoms with Crippen LogP contribution in [0, 0.1) is 0 Å². The Balaban J connectivity index is 1.63. The molecule has 2 aromatic rings. The number of carbonyl (C=O) groups excluding carboxylic acids is 1. The normalized spacial score (nSPS) is 19.9. The molecule has 148 valence electrons. The molecule has 0 aliphatic carbocycles. The fourth-order valence-electron chi connectivity index (χ4n) is 4.35. The fraction of sp³-hybridized carbons (Fsp3) is 0.500. The third-order valence-corrected chi connectivity index (χ3v) is 5.90. The minimum Gasteiger partial charge on any atom is -0.373 e. The molecule has 6 nitrogen and oxygen atoms in total. The molecule has 6 heteroatoms. The van der Waals surface area contributed by atoms with E-state index in [2.05, 4.69) is 40.5 Å². The standard InChI is InChI=1S/C22H29N5O/c1-16(28)26-13-11-19-18(15-26)21(23-2)25-22(24-19)20-10-6-7-12-27(20)14-17-8-4-3-5-9-17/h3-5,8-9,20H,6-7,10-15H2,1-2H3,(H,23,24,25). The lowest BCUT2D eigenvalue weighted by Crippen LogP contribution is -2.37. The van der Waals surface area contributed by atoms with Gasteiger partial charge in [0.05, 0.1) is 18.3 Å². The predicted molar refractivity (Wildman–Crippen MR) is 110 cm³/mol. The summed E-state index contributed by atoms with van der Waals surface area (Å²) in [5.41, 5.74) is 3.49. The minimum atomic E-state index is 0.109. The molecule has 1 N–H and O–H groups in total. The summed E-state index contributed by atoms with van der Waals surface area (Å²) in [7, 11) is 1.90. The van der Waals surface area contributed by atoms with Crippen LogP contribution >= 0.6 is 0 Å². The highest BCUT2D eigenvalue weighted by Crippen LogP contribution is 2.33. The number of amides is 1. The van der Waals surface area contributed by atoms with Crippen molar-refractivity contribution in [1.29, 1.82) is 0 Å². The number of hydrogen-bond donors (Lipinski definition) is 1. The molecule has 1 aromatic heterocycles. The highest BCUT2D eigenvalue weighted by molar-refractivity contribution is 5.74. The van der Waals surface area contributed by atoms with Crippen LogP contribution in [0.1, 0.15) is 54.9 Å². The lowest BCUT2D eigenvalue weighted by atomic mass is 9.99. The first-order valence-corrected chi connectivity index (χ1v) is 10.3. The summed E-state index contributed by atoms with van der Waals surface area (Å²) in [5.74, 6) is 1.91. The number of likely N-dealkylation sites (tertiary alicyclic amines) is 1. The second kappa shape index (κ2) is 8.27. The summed E-state index contributed by atoms with van der Waals surface area (Å²) >= 11 is 0. The first-order valence-electron chi connectivity index (χ1n) is 10.3. The average molecular weight is 380 g/mol. The molecule has 1 amide bonds. The van der Waals surface area contributed by atoms with Crippen LogP contribution in [0.5, 0.6) is 0 Å². The number of fused-ring (bicyclic) bond motifs is 1. The second-order valence-electron chi connectivity index (χ2n) is 7.76. The number of aromatic nitrogens is 2. The van der Waals surface area contributed by atoms with E-state index in [-0.39, 0.29) is 11.9 Å². The van der Waals surface area contributed by atoms with Gasteiger partial charge in [-0.3, -0.25) is 9.69 Å². The van der Waals surface area contributed by atoms with Crippen LogP contribution < -0.4 is 5.32 Å². The number of carbonyl (C=O) groups is 1. The zero-order valence-electron chi connectivity index (χ0n) is 16.8. The SMILES string of the molecule is CNc1nc(C2CCCCN2Cc2ccccc2)nc2c1CN(C(C)=O)CC2. The molecule has 1 atom stereocenters. The first-order chi connectivity index (χ1) is 13.7. The lowest BCUT2D eigenvalue weighted by molar-refractivity contribution is -0.129. The van der Waals surface area contributed by atoms with Gasteiger partial charge in [0.2, 0.25) is 5.91 Å². The van der Waals surface area contributed by atoms with Crippen molar-refractivity contribution in [2.24, 2.45) is 0 Å². The molecular formula is C22H29N5O. The maximum Gasteiger partial charge on any atom is 0.219 e. The van der Waals surface area contributed by atoms with Crippen molar-refractivity contribution in [3.8, 4) is 0 Å². The molecule has 1 unspecified atom stereocenters. The van der Waals surface area contributed by atoms with Crippen molar-refractivity contribution in [3.05, 3.63) is 53.0 Å². The quantitative estimate of drug-likeness (QED) is 0.884. The smallest absolute Gasteiger partial charge is 0.219 e. The Bertz CT molecular complexity index is 821. The Hall–Kier alpha value is -2.47. The summed E-state index contributed by atoms with van der Waals surface area (Å²) in [6.07, 6.45) is 4.32. The van der Waals surface area contributed by atoms with Crippen LogP contribution in [-0.2, 0) is 24.3 Å². The third-order valence-electron chi connectivity index (χ3n) is 5.90. The van der Waals surface area contributed by atoms with Crippen LogP contribution in [0.2, 0.25) is 0 Å². The topological polar surface area (TPSA) is 61.4 Å². The monoisotopic (exact) mass is 379 g/mol. The van der Waals surface area contributed by atoms with Crippen LogP contribution in [0.3, 0.4) is 0 Å². The van der Waals surface area contributed by atoms with Gasteiger partial charge in [-0.1, -0.05) is 36.8 Å². The van der Waals surface area contributed by atoms with E-state index in [1.165, 1.54) is 18.4 Å². The molecule has 2 aliphatic heterocycles.